The molecule has 1 fully saturated rings. The molecule has 0 aromatic heterocycles. The molecule has 0 spiro atoms. The van der Waals surface area contributed by atoms with E-state index in [2.05, 4.69) is 12.2 Å². The van der Waals surface area contributed by atoms with Crippen LogP contribution in [-0.4, -0.2) is 54.4 Å². The lowest BCUT2D eigenvalue weighted by molar-refractivity contribution is -0.136. The molecule has 1 saturated heterocycles. The number of likely N-dealkylation sites (tertiary alicyclic amines) is 1. The van der Waals surface area contributed by atoms with Gasteiger partial charge in [0.15, 0.2) is 0 Å². The molecular formula is C13H24N2O4. The fraction of sp³-hybridized carbons (Fsp3) is 0.846. The minimum atomic E-state index is -0.899. The van der Waals surface area contributed by atoms with E-state index in [0.29, 0.717) is 13.1 Å². The van der Waals surface area contributed by atoms with E-state index in [1.807, 2.05) is 0 Å². The Hall–Kier alpha value is -1.30. The second kappa shape index (κ2) is 8.74. The van der Waals surface area contributed by atoms with Crippen molar-refractivity contribution in [2.24, 2.45) is 0 Å². The minimum absolute atomic E-state index is 0.0399. The second-order valence-electron chi connectivity index (χ2n) is 4.79. The van der Waals surface area contributed by atoms with Gasteiger partial charge in [-0.15, -0.1) is 0 Å². The fourth-order valence-electron chi connectivity index (χ4n) is 2.11. The summed E-state index contributed by atoms with van der Waals surface area (Å²) in [5.41, 5.74) is 0. The van der Waals surface area contributed by atoms with E-state index in [0.717, 1.165) is 32.3 Å². The number of hydrogen-bond donors (Lipinski definition) is 2. The van der Waals surface area contributed by atoms with Crippen LogP contribution in [0.4, 0.5) is 4.79 Å². The fourth-order valence-corrected chi connectivity index (χ4v) is 2.11. The molecule has 0 radical (unpaired) electrons. The van der Waals surface area contributed by atoms with E-state index in [1.54, 1.807) is 4.90 Å². The number of nitrogens with zero attached hydrogens (tertiary/aromatic N) is 1. The Labute approximate surface area is 114 Å². The van der Waals surface area contributed by atoms with E-state index < -0.39 is 5.97 Å². The number of carboxylic acid groups (broad SMARTS) is 1. The molecule has 1 aliphatic heterocycles. The third kappa shape index (κ3) is 6.42. The molecule has 1 unspecified atom stereocenters. The lowest BCUT2D eigenvalue weighted by atomic mass is 10.2. The zero-order valence-electron chi connectivity index (χ0n) is 11.6. The molecule has 6 nitrogen and oxygen atoms in total. The first-order chi connectivity index (χ1) is 9.13. The van der Waals surface area contributed by atoms with Gasteiger partial charge in [-0.3, -0.25) is 4.79 Å². The molecule has 2 amide bonds. The Morgan fingerprint density at radius 2 is 2.16 bits per heavy atom. The summed E-state index contributed by atoms with van der Waals surface area (Å²) in [6, 6.07) is -0.169. The third-order valence-corrected chi connectivity index (χ3v) is 3.14. The van der Waals surface area contributed by atoms with Crippen molar-refractivity contribution in [1.82, 2.24) is 10.2 Å². The highest BCUT2D eigenvalue weighted by molar-refractivity contribution is 5.75. The van der Waals surface area contributed by atoms with E-state index >= 15 is 0 Å². The number of carbonyl (C=O) groups excluding carboxylic acids is 1. The number of hydrogen-bond acceptors (Lipinski definition) is 3. The zero-order chi connectivity index (χ0) is 14.1. The molecule has 2 N–H and O–H groups in total. The molecule has 0 aromatic carbocycles. The number of ether oxygens (including phenoxy) is 1. The van der Waals surface area contributed by atoms with E-state index in [9.17, 15) is 9.59 Å². The minimum Gasteiger partial charge on any atom is -0.481 e. The average molecular weight is 272 g/mol. The second-order valence-corrected chi connectivity index (χ2v) is 4.79. The molecular weight excluding hydrogens is 248 g/mol. The number of urea groups is 1. The Morgan fingerprint density at radius 1 is 1.37 bits per heavy atom. The molecule has 0 aliphatic carbocycles. The maximum Gasteiger partial charge on any atom is 0.317 e. The van der Waals surface area contributed by atoms with Crippen molar-refractivity contribution >= 4 is 12.0 Å². The Balaban J connectivity index is 2.27. The Bertz CT molecular complexity index is 296. The summed E-state index contributed by atoms with van der Waals surface area (Å²) >= 11 is 0. The van der Waals surface area contributed by atoms with Crippen molar-refractivity contribution in [2.75, 3.05) is 26.2 Å². The molecule has 1 aliphatic rings. The van der Waals surface area contributed by atoms with Crippen molar-refractivity contribution in [3.05, 3.63) is 0 Å². The van der Waals surface area contributed by atoms with Crippen molar-refractivity contribution < 1.29 is 19.4 Å². The van der Waals surface area contributed by atoms with Gasteiger partial charge in [-0.2, -0.15) is 0 Å². The zero-order valence-corrected chi connectivity index (χ0v) is 11.6. The lowest BCUT2D eigenvalue weighted by Crippen LogP contribution is -2.41. The van der Waals surface area contributed by atoms with Gasteiger partial charge < -0.3 is 20.1 Å². The SMILES string of the molecule is CCCOC1CCCN(C(=O)NCCC(=O)O)CC1. The van der Waals surface area contributed by atoms with Gasteiger partial charge in [0.2, 0.25) is 0 Å². The topological polar surface area (TPSA) is 78.9 Å². The Kier molecular flexibility index (Phi) is 7.25. The maximum atomic E-state index is 11.8. The number of nitrogens with one attached hydrogen (secondary N) is 1. The predicted octanol–water partition coefficient (Wildman–Crippen LogP) is 1.45. The van der Waals surface area contributed by atoms with Gasteiger partial charge in [0.05, 0.1) is 12.5 Å². The van der Waals surface area contributed by atoms with Crippen molar-refractivity contribution in [3.8, 4) is 0 Å². The van der Waals surface area contributed by atoms with Crippen LogP contribution in [0.5, 0.6) is 0 Å². The molecule has 19 heavy (non-hydrogen) atoms. The van der Waals surface area contributed by atoms with Crippen molar-refractivity contribution in [3.63, 3.8) is 0 Å². The van der Waals surface area contributed by atoms with Crippen molar-refractivity contribution in [2.45, 2.75) is 45.1 Å². The summed E-state index contributed by atoms with van der Waals surface area (Å²) in [4.78, 5) is 24.0. The highest BCUT2D eigenvalue weighted by atomic mass is 16.5. The first kappa shape index (κ1) is 15.8. The normalized spacial score (nSPS) is 19.8. The van der Waals surface area contributed by atoms with E-state index in [1.165, 1.54) is 0 Å². The quantitative estimate of drug-likeness (QED) is 0.767. The molecule has 6 heteroatoms. The summed E-state index contributed by atoms with van der Waals surface area (Å²) in [6.07, 6.45) is 3.99. The number of aliphatic carboxylic acids is 1. The van der Waals surface area contributed by atoms with Crippen LogP contribution in [0.25, 0.3) is 0 Å². The molecule has 0 bridgehead atoms. The van der Waals surface area contributed by atoms with Crippen LogP contribution < -0.4 is 5.32 Å². The number of carbonyl (C=O) groups is 2. The summed E-state index contributed by atoms with van der Waals surface area (Å²) in [7, 11) is 0. The van der Waals surface area contributed by atoms with Gasteiger partial charge in [0, 0.05) is 26.2 Å². The van der Waals surface area contributed by atoms with Crippen LogP contribution in [0, 0.1) is 0 Å². The molecule has 0 aromatic rings. The Morgan fingerprint density at radius 3 is 2.84 bits per heavy atom. The molecule has 1 heterocycles. The molecule has 1 atom stereocenters. The predicted molar refractivity (Wildman–Crippen MR) is 71.1 cm³/mol. The monoisotopic (exact) mass is 272 g/mol. The molecule has 110 valence electrons. The summed E-state index contributed by atoms with van der Waals surface area (Å²) in [5.74, 6) is -0.899. The van der Waals surface area contributed by atoms with Crippen LogP contribution >= 0.6 is 0 Å². The van der Waals surface area contributed by atoms with Crippen LogP contribution in [0.2, 0.25) is 0 Å². The number of amides is 2. The number of carboxylic acids is 1. The molecule has 1 rings (SSSR count). The smallest absolute Gasteiger partial charge is 0.317 e. The van der Waals surface area contributed by atoms with Crippen LogP contribution in [-0.2, 0) is 9.53 Å². The van der Waals surface area contributed by atoms with Crippen LogP contribution in [0.1, 0.15) is 39.0 Å². The van der Waals surface area contributed by atoms with Gasteiger partial charge in [0.25, 0.3) is 0 Å². The standard InChI is InChI=1S/C13H24N2O4/c1-2-10-19-11-4-3-8-15(9-6-11)13(18)14-7-5-12(16)17/h11H,2-10H2,1H3,(H,14,18)(H,16,17). The molecule has 0 saturated carbocycles. The van der Waals surface area contributed by atoms with Crippen LogP contribution in [0.3, 0.4) is 0 Å². The largest absolute Gasteiger partial charge is 0.481 e. The summed E-state index contributed by atoms with van der Waals surface area (Å²) in [5, 5.41) is 11.2. The van der Waals surface area contributed by atoms with Gasteiger partial charge in [0.1, 0.15) is 0 Å². The highest BCUT2D eigenvalue weighted by Gasteiger charge is 2.20. The number of rotatable bonds is 6. The van der Waals surface area contributed by atoms with Gasteiger partial charge in [-0.05, 0) is 25.7 Å². The highest BCUT2D eigenvalue weighted by Crippen LogP contribution is 2.14. The van der Waals surface area contributed by atoms with Crippen molar-refractivity contribution in [1.29, 1.82) is 0 Å². The lowest BCUT2D eigenvalue weighted by Gasteiger charge is -2.21. The first-order valence-corrected chi connectivity index (χ1v) is 6.99. The van der Waals surface area contributed by atoms with Crippen LogP contribution in [0.15, 0.2) is 0 Å². The van der Waals surface area contributed by atoms with E-state index in [-0.39, 0.29) is 25.1 Å². The first-order valence-electron chi connectivity index (χ1n) is 6.99. The van der Waals surface area contributed by atoms with Gasteiger partial charge >= 0.3 is 12.0 Å². The summed E-state index contributed by atoms with van der Waals surface area (Å²) in [6.45, 7) is 4.42. The summed E-state index contributed by atoms with van der Waals surface area (Å²) < 4.78 is 5.72. The van der Waals surface area contributed by atoms with Gasteiger partial charge in [-0.1, -0.05) is 6.92 Å². The third-order valence-electron chi connectivity index (χ3n) is 3.14. The maximum absolute atomic E-state index is 11.8. The average Bonchev–Trinajstić information content (AvgIpc) is 2.61. The van der Waals surface area contributed by atoms with E-state index in [4.69, 9.17) is 9.84 Å². The van der Waals surface area contributed by atoms with Gasteiger partial charge in [-0.25, -0.2) is 4.79 Å².